The number of aromatic nitrogens is 2. The van der Waals surface area contributed by atoms with Gasteiger partial charge in [-0.05, 0) is 44.0 Å². The van der Waals surface area contributed by atoms with Crippen molar-refractivity contribution in [2.45, 2.75) is 33.2 Å². The molecule has 5 heteroatoms. The summed E-state index contributed by atoms with van der Waals surface area (Å²) < 4.78 is 1.28. The molecule has 0 saturated heterocycles. The van der Waals surface area contributed by atoms with E-state index in [1.165, 1.54) is 10.7 Å². The van der Waals surface area contributed by atoms with Crippen LogP contribution in [0.15, 0.2) is 65.5 Å². The summed E-state index contributed by atoms with van der Waals surface area (Å²) in [7, 11) is 0. The summed E-state index contributed by atoms with van der Waals surface area (Å²) in [6, 6.07) is 17.9. The van der Waals surface area contributed by atoms with Gasteiger partial charge in [0.25, 0.3) is 5.56 Å². The zero-order valence-corrected chi connectivity index (χ0v) is 15.8. The van der Waals surface area contributed by atoms with Gasteiger partial charge in [-0.15, -0.1) is 0 Å². The number of hydrogen-bond acceptors (Lipinski definition) is 3. The van der Waals surface area contributed by atoms with Gasteiger partial charge in [-0.3, -0.25) is 9.59 Å². The van der Waals surface area contributed by atoms with Crippen molar-refractivity contribution >= 4 is 11.6 Å². The van der Waals surface area contributed by atoms with Gasteiger partial charge < -0.3 is 5.32 Å². The molecule has 1 aromatic heterocycles. The van der Waals surface area contributed by atoms with Gasteiger partial charge in [-0.1, -0.05) is 48.9 Å². The predicted molar refractivity (Wildman–Crippen MR) is 108 cm³/mol. The van der Waals surface area contributed by atoms with Gasteiger partial charge in [0.15, 0.2) is 0 Å². The summed E-state index contributed by atoms with van der Waals surface area (Å²) in [4.78, 5) is 25.2. The Kier molecular flexibility index (Phi) is 5.50. The van der Waals surface area contributed by atoms with E-state index in [9.17, 15) is 9.59 Å². The van der Waals surface area contributed by atoms with Crippen molar-refractivity contribution in [3.05, 3.63) is 82.1 Å². The molecule has 3 aromatic rings. The van der Waals surface area contributed by atoms with E-state index in [0.717, 1.165) is 16.7 Å². The normalized spacial score (nSPS) is 11.8. The second-order valence-corrected chi connectivity index (χ2v) is 6.65. The largest absolute Gasteiger partial charge is 0.324 e. The monoisotopic (exact) mass is 361 g/mol. The number of anilines is 1. The Hall–Kier alpha value is -3.21. The van der Waals surface area contributed by atoms with Crippen molar-refractivity contribution in [3.8, 4) is 11.3 Å². The molecule has 1 amide bonds. The fraction of sp³-hybridized carbons (Fsp3) is 0.227. The fourth-order valence-corrected chi connectivity index (χ4v) is 2.94. The van der Waals surface area contributed by atoms with Crippen LogP contribution in [0.3, 0.4) is 0 Å². The standard InChI is InChI=1S/C22H23N3O2/c1-4-20(22(27)23-18-7-5-6-16(3)14-18)25-21(26)13-12-19(24-25)17-10-8-15(2)9-11-17/h5-14,20H,4H2,1-3H3,(H,23,27)/t20-/m1/s1. The van der Waals surface area contributed by atoms with E-state index >= 15 is 0 Å². The molecule has 0 radical (unpaired) electrons. The third-order valence-corrected chi connectivity index (χ3v) is 4.44. The molecular weight excluding hydrogens is 338 g/mol. The zero-order valence-electron chi connectivity index (χ0n) is 15.8. The van der Waals surface area contributed by atoms with E-state index in [2.05, 4.69) is 10.4 Å². The lowest BCUT2D eigenvalue weighted by Crippen LogP contribution is -2.34. The first-order chi connectivity index (χ1) is 13.0. The summed E-state index contributed by atoms with van der Waals surface area (Å²) in [5, 5.41) is 7.35. The number of nitrogens with zero attached hydrogens (tertiary/aromatic N) is 2. The molecule has 1 heterocycles. The minimum absolute atomic E-state index is 0.251. The lowest BCUT2D eigenvalue weighted by atomic mass is 10.1. The Balaban J connectivity index is 1.92. The highest BCUT2D eigenvalue weighted by atomic mass is 16.2. The molecular formula is C22H23N3O2. The fourth-order valence-electron chi connectivity index (χ4n) is 2.94. The van der Waals surface area contributed by atoms with Gasteiger partial charge >= 0.3 is 0 Å². The highest BCUT2D eigenvalue weighted by Crippen LogP contribution is 2.19. The van der Waals surface area contributed by atoms with Gasteiger partial charge in [0.2, 0.25) is 5.91 Å². The molecule has 0 aliphatic carbocycles. The molecule has 0 unspecified atom stereocenters. The number of rotatable bonds is 5. The van der Waals surface area contributed by atoms with Crippen LogP contribution in [0.4, 0.5) is 5.69 Å². The van der Waals surface area contributed by atoms with Gasteiger partial charge in [0.1, 0.15) is 6.04 Å². The van der Waals surface area contributed by atoms with E-state index < -0.39 is 6.04 Å². The third kappa shape index (κ3) is 4.31. The molecule has 138 valence electrons. The van der Waals surface area contributed by atoms with Crippen LogP contribution in [0.1, 0.15) is 30.5 Å². The molecule has 0 bridgehead atoms. The lowest BCUT2D eigenvalue weighted by Gasteiger charge is -2.17. The highest BCUT2D eigenvalue weighted by molar-refractivity contribution is 5.93. The van der Waals surface area contributed by atoms with Gasteiger partial charge in [-0.25, -0.2) is 4.68 Å². The van der Waals surface area contributed by atoms with Gasteiger partial charge in [-0.2, -0.15) is 5.10 Å². The molecule has 1 atom stereocenters. The van der Waals surface area contributed by atoms with Crippen molar-refractivity contribution < 1.29 is 4.79 Å². The molecule has 27 heavy (non-hydrogen) atoms. The number of carbonyl (C=O) groups is 1. The number of aryl methyl sites for hydroxylation is 2. The van der Waals surface area contributed by atoms with Crippen molar-refractivity contribution in [2.24, 2.45) is 0 Å². The molecule has 3 rings (SSSR count). The maximum Gasteiger partial charge on any atom is 0.267 e. The highest BCUT2D eigenvalue weighted by Gasteiger charge is 2.21. The van der Waals surface area contributed by atoms with Crippen LogP contribution in [0, 0.1) is 13.8 Å². The van der Waals surface area contributed by atoms with Crippen molar-refractivity contribution in [1.82, 2.24) is 9.78 Å². The minimum Gasteiger partial charge on any atom is -0.324 e. The van der Waals surface area contributed by atoms with Gasteiger partial charge in [0.05, 0.1) is 5.69 Å². The quantitative estimate of drug-likeness (QED) is 0.743. The topological polar surface area (TPSA) is 64.0 Å². The van der Waals surface area contributed by atoms with Crippen LogP contribution < -0.4 is 10.9 Å². The van der Waals surface area contributed by atoms with Crippen LogP contribution in [0.2, 0.25) is 0 Å². The smallest absolute Gasteiger partial charge is 0.267 e. The predicted octanol–water partition coefficient (Wildman–Crippen LogP) is 4.12. The molecule has 0 aliphatic rings. The first-order valence-electron chi connectivity index (χ1n) is 9.02. The Morgan fingerprint density at radius 1 is 1.04 bits per heavy atom. The van der Waals surface area contributed by atoms with Crippen molar-refractivity contribution in [2.75, 3.05) is 5.32 Å². The first kappa shape index (κ1) is 18.6. The average molecular weight is 361 g/mol. The second kappa shape index (κ2) is 7.99. The maximum atomic E-state index is 12.8. The van der Waals surface area contributed by atoms with Crippen LogP contribution >= 0.6 is 0 Å². The SMILES string of the molecule is CC[C@H](C(=O)Nc1cccc(C)c1)n1nc(-c2ccc(C)cc2)ccc1=O. The number of nitrogens with one attached hydrogen (secondary N) is 1. The van der Waals surface area contributed by atoms with E-state index in [0.29, 0.717) is 17.8 Å². The average Bonchev–Trinajstić information content (AvgIpc) is 2.64. The Morgan fingerprint density at radius 3 is 2.44 bits per heavy atom. The second-order valence-electron chi connectivity index (χ2n) is 6.65. The zero-order chi connectivity index (χ0) is 19.4. The summed E-state index contributed by atoms with van der Waals surface area (Å²) in [5.74, 6) is -0.251. The Labute approximate surface area is 158 Å². The van der Waals surface area contributed by atoms with Crippen LogP contribution in [-0.4, -0.2) is 15.7 Å². The molecule has 0 fully saturated rings. The van der Waals surface area contributed by atoms with Gasteiger partial charge in [0, 0.05) is 17.3 Å². The van der Waals surface area contributed by atoms with Crippen molar-refractivity contribution in [3.63, 3.8) is 0 Å². The maximum absolute atomic E-state index is 12.8. The Bertz CT molecular complexity index is 1010. The van der Waals surface area contributed by atoms with Crippen LogP contribution in [-0.2, 0) is 4.79 Å². The van der Waals surface area contributed by atoms with Crippen molar-refractivity contribution in [1.29, 1.82) is 0 Å². The summed E-state index contributed by atoms with van der Waals surface area (Å²) in [6.07, 6.45) is 0.460. The lowest BCUT2D eigenvalue weighted by molar-refractivity contribution is -0.119. The molecule has 1 N–H and O–H groups in total. The van der Waals surface area contributed by atoms with E-state index in [-0.39, 0.29) is 11.5 Å². The Morgan fingerprint density at radius 2 is 1.78 bits per heavy atom. The molecule has 2 aromatic carbocycles. The first-order valence-corrected chi connectivity index (χ1v) is 9.02. The van der Waals surface area contributed by atoms with Crippen LogP contribution in [0.5, 0.6) is 0 Å². The van der Waals surface area contributed by atoms with E-state index in [1.807, 2.05) is 69.3 Å². The molecule has 0 aliphatic heterocycles. The summed E-state index contributed by atoms with van der Waals surface area (Å²) >= 11 is 0. The number of carbonyl (C=O) groups excluding carboxylic acids is 1. The number of benzene rings is 2. The summed E-state index contributed by atoms with van der Waals surface area (Å²) in [5.41, 5.74) is 4.19. The van der Waals surface area contributed by atoms with E-state index in [4.69, 9.17) is 0 Å². The molecule has 0 saturated carbocycles. The minimum atomic E-state index is -0.677. The number of hydrogen-bond donors (Lipinski definition) is 1. The number of amides is 1. The summed E-state index contributed by atoms with van der Waals surface area (Å²) in [6.45, 7) is 5.85. The van der Waals surface area contributed by atoms with E-state index in [1.54, 1.807) is 6.07 Å². The van der Waals surface area contributed by atoms with Crippen LogP contribution in [0.25, 0.3) is 11.3 Å². The molecule has 5 nitrogen and oxygen atoms in total. The third-order valence-electron chi connectivity index (χ3n) is 4.44. The molecule has 0 spiro atoms.